The molecule has 1 nitrogen and oxygen atoms in total. The Kier molecular flexibility index (Phi) is 1.69. The molecule has 18 heavy (non-hydrogen) atoms. The SMILES string of the molecule is Cc1ccc2ccc3cc(O)cc4ccc1c2c34. The van der Waals surface area contributed by atoms with E-state index in [0.29, 0.717) is 5.75 Å². The van der Waals surface area contributed by atoms with Crippen molar-refractivity contribution < 1.29 is 5.11 Å². The summed E-state index contributed by atoms with van der Waals surface area (Å²) in [7, 11) is 0. The van der Waals surface area contributed by atoms with Crippen LogP contribution in [0.15, 0.2) is 48.5 Å². The topological polar surface area (TPSA) is 20.2 Å². The maximum Gasteiger partial charge on any atom is 0.116 e. The summed E-state index contributed by atoms with van der Waals surface area (Å²) < 4.78 is 0. The van der Waals surface area contributed by atoms with E-state index in [4.69, 9.17) is 0 Å². The monoisotopic (exact) mass is 232 g/mol. The van der Waals surface area contributed by atoms with Gasteiger partial charge in [0.25, 0.3) is 0 Å². The van der Waals surface area contributed by atoms with Gasteiger partial charge in [0.1, 0.15) is 5.75 Å². The highest BCUT2D eigenvalue weighted by Crippen LogP contribution is 2.37. The quantitative estimate of drug-likeness (QED) is 0.439. The molecule has 4 aromatic rings. The second kappa shape index (κ2) is 3.14. The van der Waals surface area contributed by atoms with Crippen LogP contribution in [0.2, 0.25) is 0 Å². The molecule has 0 saturated heterocycles. The number of hydrogen-bond acceptors (Lipinski definition) is 1. The average molecular weight is 232 g/mol. The maximum atomic E-state index is 9.76. The Balaban J connectivity index is 2.44. The molecule has 4 rings (SSSR count). The summed E-state index contributed by atoms with van der Waals surface area (Å²) in [5.41, 5.74) is 1.30. The molecule has 0 aliphatic carbocycles. The van der Waals surface area contributed by atoms with Crippen molar-refractivity contribution in [2.75, 3.05) is 0 Å². The van der Waals surface area contributed by atoms with Crippen LogP contribution in [0.25, 0.3) is 32.3 Å². The van der Waals surface area contributed by atoms with Gasteiger partial charge in [-0.3, -0.25) is 0 Å². The first-order chi connectivity index (χ1) is 8.74. The highest BCUT2D eigenvalue weighted by atomic mass is 16.3. The number of hydrogen-bond donors (Lipinski definition) is 1. The van der Waals surface area contributed by atoms with Crippen LogP contribution in [0.5, 0.6) is 5.75 Å². The normalized spacial score (nSPS) is 11.8. The van der Waals surface area contributed by atoms with Crippen LogP contribution in [-0.2, 0) is 0 Å². The third-order valence-corrected chi connectivity index (χ3v) is 3.80. The fourth-order valence-electron chi connectivity index (χ4n) is 2.95. The van der Waals surface area contributed by atoms with E-state index in [-0.39, 0.29) is 0 Å². The Morgan fingerprint density at radius 1 is 0.722 bits per heavy atom. The molecule has 1 N–H and O–H groups in total. The zero-order valence-electron chi connectivity index (χ0n) is 10.1. The number of aromatic hydroxyl groups is 1. The second-order valence-electron chi connectivity index (χ2n) is 4.93. The Morgan fingerprint density at radius 3 is 2.11 bits per heavy atom. The molecule has 0 unspecified atom stereocenters. The lowest BCUT2D eigenvalue weighted by atomic mass is 9.92. The molecule has 1 heteroatoms. The van der Waals surface area contributed by atoms with Crippen molar-refractivity contribution in [2.45, 2.75) is 6.92 Å². The summed E-state index contributed by atoms with van der Waals surface area (Å²) in [6.07, 6.45) is 0. The smallest absolute Gasteiger partial charge is 0.116 e. The summed E-state index contributed by atoms with van der Waals surface area (Å²) in [6.45, 7) is 2.14. The van der Waals surface area contributed by atoms with Gasteiger partial charge < -0.3 is 5.11 Å². The van der Waals surface area contributed by atoms with E-state index in [1.165, 1.54) is 27.1 Å². The summed E-state index contributed by atoms with van der Waals surface area (Å²) in [4.78, 5) is 0. The molecule has 0 amide bonds. The van der Waals surface area contributed by atoms with Gasteiger partial charge in [-0.2, -0.15) is 0 Å². The molecule has 0 bridgehead atoms. The first-order valence-corrected chi connectivity index (χ1v) is 6.11. The molecule has 0 heterocycles. The number of rotatable bonds is 0. The molecular weight excluding hydrogens is 220 g/mol. The van der Waals surface area contributed by atoms with E-state index in [2.05, 4.69) is 43.3 Å². The van der Waals surface area contributed by atoms with Crippen LogP contribution < -0.4 is 0 Å². The van der Waals surface area contributed by atoms with Gasteiger partial charge >= 0.3 is 0 Å². The van der Waals surface area contributed by atoms with Gasteiger partial charge in [0.2, 0.25) is 0 Å². The predicted molar refractivity (Wildman–Crippen MR) is 76.5 cm³/mol. The van der Waals surface area contributed by atoms with Gasteiger partial charge in [0.05, 0.1) is 0 Å². The van der Waals surface area contributed by atoms with E-state index >= 15 is 0 Å². The van der Waals surface area contributed by atoms with Gasteiger partial charge in [-0.15, -0.1) is 0 Å². The van der Waals surface area contributed by atoms with Gasteiger partial charge in [0, 0.05) is 0 Å². The Labute approximate surface area is 105 Å². The summed E-state index contributed by atoms with van der Waals surface area (Å²) in [5.74, 6) is 0.331. The molecule has 86 valence electrons. The van der Waals surface area contributed by atoms with Gasteiger partial charge in [-0.05, 0) is 56.9 Å². The molecule has 0 saturated carbocycles. The van der Waals surface area contributed by atoms with Gasteiger partial charge in [-0.25, -0.2) is 0 Å². The summed E-state index contributed by atoms with van der Waals surface area (Å²) in [5, 5.41) is 17.1. The van der Waals surface area contributed by atoms with E-state index in [1.807, 2.05) is 12.1 Å². The lowest BCUT2D eigenvalue weighted by Crippen LogP contribution is -1.85. The van der Waals surface area contributed by atoms with Crippen LogP contribution in [0.1, 0.15) is 5.56 Å². The van der Waals surface area contributed by atoms with Gasteiger partial charge in [0.15, 0.2) is 0 Å². The van der Waals surface area contributed by atoms with E-state index < -0.39 is 0 Å². The highest BCUT2D eigenvalue weighted by molar-refractivity contribution is 6.23. The van der Waals surface area contributed by atoms with E-state index in [1.54, 1.807) is 0 Å². The lowest BCUT2D eigenvalue weighted by molar-refractivity contribution is 0.477. The number of aryl methyl sites for hydroxylation is 1. The average Bonchev–Trinajstić information content (AvgIpc) is 2.37. The number of phenolic OH excluding ortho intramolecular Hbond substituents is 1. The first-order valence-electron chi connectivity index (χ1n) is 6.11. The van der Waals surface area contributed by atoms with Crippen molar-refractivity contribution in [3.8, 4) is 5.75 Å². The van der Waals surface area contributed by atoms with Crippen molar-refractivity contribution in [1.82, 2.24) is 0 Å². The van der Waals surface area contributed by atoms with Crippen molar-refractivity contribution in [3.05, 3.63) is 54.1 Å². The molecule has 0 radical (unpaired) electrons. The van der Waals surface area contributed by atoms with E-state index in [0.717, 1.165) is 10.8 Å². The standard InChI is InChI=1S/C17H12O/c1-10-2-3-11-4-5-12-8-14(18)9-13-6-7-15(10)17(11)16(12)13/h2-9,18H,1H3. The zero-order valence-corrected chi connectivity index (χ0v) is 10.1. The number of benzene rings is 4. The predicted octanol–water partition coefficient (Wildman–Crippen LogP) is 4.60. The molecule has 0 spiro atoms. The minimum atomic E-state index is 0.331. The lowest BCUT2D eigenvalue weighted by Gasteiger charge is -2.12. The van der Waals surface area contributed by atoms with Gasteiger partial charge in [-0.1, -0.05) is 36.4 Å². The van der Waals surface area contributed by atoms with Crippen LogP contribution in [0.4, 0.5) is 0 Å². The van der Waals surface area contributed by atoms with Crippen LogP contribution in [0.3, 0.4) is 0 Å². The fourth-order valence-corrected chi connectivity index (χ4v) is 2.95. The minimum Gasteiger partial charge on any atom is -0.508 e. The molecular formula is C17H12O. The van der Waals surface area contributed by atoms with Crippen molar-refractivity contribution in [1.29, 1.82) is 0 Å². The third-order valence-electron chi connectivity index (χ3n) is 3.80. The largest absolute Gasteiger partial charge is 0.508 e. The van der Waals surface area contributed by atoms with E-state index in [9.17, 15) is 5.11 Å². The minimum absolute atomic E-state index is 0.331. The Morgan fingerprint density at radius 2 is 1.33 bits per heavy atom. The van der Waals surface area contributed by atoms with Crippen LogP contribution in [-0.4, -0.2) is 5.11 Å². The summed E-state index contributed by atoms with van der Waals surface area (Å²) in [6, 6.07) is 16.5. The van der Waals surface area contributed by atoms with Crippen LogP contribution in [0, 0.1) is 6.92 Å². The summed E-state index contributed by atoms with van der Waals surface area (Å²) >= 11 is 0. The molecule has 4 aromatic carbocycles. The zero-order chi connectivity index (χ0) is 12.3. The maximum absolute atomic E-state index is 9.76. The molecule has 0 fully saturated rings. The molecule has 0 atom stereocenters. The highest BCUT2D eigenvalue weighted by Gasteiger charge is 2.09. The first kappa shape index (κ1) is 9.72. The van der Waals surface area contributed by atoms with Crippen molar-refractivity contribution in [3.63, 3.8) is 0 Å². The molecule has 0 aliphatic rings. The van der Waals surface area contributed by atoms with Crippen molar-refractivity contribution >= 4 is 32.3 Å². The fraction of sp³-hybridized carbons (Fsp3) is 0.0588. The number of phenols is 1. The molecule has 0 aromatic heterocycles. The Bertz CT molecular complexity index is 871. The second-order valence-corrected chi connectivity index (χ2v) is 4.93. The third kappa shape index (κ3) is 1.11. The van der Waals surface area contributed by atoms with Crippen LogP contribution >= 0.6 is 0 Å². The molecule has 0 aliphatic heterocycles. The Hall–Kier alpha value is -2.28. The van der Waals surface area contributed by atoms with Crippen molar-refractivity contribution in [2.24, 2.45) is 0 Å².